The van der Waals surface area contributed by atoms with Crippen molar-refractivity contribution in [2.75, 3.05) is 32.8 Å². The van der Waals surface area contributed by atoms with Crippen molar-refractivity contribution in [3.8, 4) is 0 Å². The van der Waals surface area contributed by atoms with Crippen molar-refractivity contribution in [1.29, 1.82) is 0 Å². The second-order valence-electron chi connectivity index (χ2n) is 5.29. The monoisotopic (exact) mass is 268 g/mol. The van der Waals surface area contributed by atoms with Crippen molar-refractivity contribution in [2.45, 2.75) is 38.3 Å². The number of carbonyl (C=O) groups is 1. The van der Waals surface area contributed by atoms with Crippen molar-refractivity contribution in [3.05, 3.63) is 11.6 Å². The molecule has 2 aliphatic rings. The van der Waals surface area contributed by atoms with Crippen LogP contribution in [0, 0.1) is 0 Å². The molecule has 0 aromatic heterocycles. The molecule has 19 heavy (non-hydrogen) atoms. The molecule has 0 aliphatic carbocycles. The van der Waals surface area contributed by atoms with Crippen LogP contribution in [0.1, 0.15) is 26.2 Å². The first-order valence-corrected chi connectivity index (χ1v) is 7.19. The predicted molar refractivity (Wildman–Crippen MR) is 73.2 cm³/mol. The molecular formula is C14H24N2O3. The first-order chi connectivity index (χ1) is 9.20. The molecular weight excluding hydrogens is 244 g/mol. The Balaban J connectivity index is 1.67. The Morgan fingerprint density at radius 1 is 1.58 bits per heavy atom. The average molecular weight is 268 g/mol. The van der Waals surface area contributed by atoms with E-state index in [9.17, 15) is 4.79 Å². The van der Waals surface area contributed by atoms with Gasteiger partial charge in [-0.2, -0.15) is 0 Å². The number of rotatable bonds is 6. The predicted octanol–water partition coefficient (Wildman–Crippen LogP) is 0.860. The first-order valence-electron chi connectivity index (χ1n) is 7.19. The van der Waals surface area contributed by atoms with Crippen LogP contribution in [0.2, 0.25) is 0 Å². The van der Waals surface area contributed by atoms with Gasteiger partial charge in [0, 0.05) is 31.2 Å². The highest BCUT2D eigenvalue weighted by atomic mass is 16.5. The van der Waals surface area contributed by atoms with Crippen molar-refractivity contribution < 1.29 is 14.6 Å². The molecule has 2 atom stereocenters. The lowest BCUT2D eigenvalue weighted by Crippen LogP contribution is -2.49. The Kier molecular flexibility index (Phi) is 5.36. The minimum Gasteiger partial charge on any atom is -0.478 e. The lowest BCUT2D eigenvalue weighted by atomic mass is 10.2. The third-order valence-corrected chi connectivity index (χ3v) is 3.98. The largest absolute Gasteiger partial charge is 0.478 e. The number of aliphatic carboxylic acids is 1. The number of nitrogens with zero attached hydrogens (tertiary/aromatic N) is 1. The number of carboxylic acids is 1. The summed E-state index contributed by atoms with van der Waals surface area (Å²) in [6.45, 7) is 6.29. The van der Waals surface area contributed by atoms with Crippen LogP contribution in [0.5, 0.6) is 0 Å². The van der Waals surface area contributed by atoms with Crippen LogP contribution in [0.25, 0.3) is 0 Å². The van der Waals surface area contributed by atoms with Gasteiger partial charge in [0.2, 0.25) is 0 Å². The van der Waals surface area contributed by atoms with Gasteiger partial charge in [0.1, 0.15) is 0 Å². The van der Waals surface area contributed by atoms with Crippen molar-refractivity contribution in [2.24, 2.45) is 0 Å². The Labute approximate surface area is 114 Å². The summed E-state index contributed by atoms with van der Waals surface area (Å²) < 4.78 is 5.83. The van der Waals surface area contributed by atoms with Crippen molar-refractivity contribution >= 4 is 5.97 Å². The molecule has 0 spiro atoms. The molecule has 2 saturated heterocycles. The summed E-state index contributed by atoms with van der Waals surface area (Å²) >= 11 is 0. The summed E-state index contributed by atoms with van der Waals surface area (Å²) in [5.74, 6) is -0.821. The zero-order valence-electron chi connectivity index (χ0n) is 11.6. The average Bonchev–Trinajstić information content (AvgIpc) is 2.85. The van der Waals surface area contributed by atoms with Gasteiger partial charge in [-0.3, -0.25) is 4.90 Å². The standard InChI is InChI=1S/C14H24N2O3/c1-2-11(14(17)18)5-6-15-8-13-9-16-7-3-4-12(16)10-19-13/h5,12-13,15H,2-4,6-10H2,1H3,(H,17,18). The van der Waals surface area contributed by atoms with E-state index in [4.69, 9.17) is 9.84 Å². The second-order valence-corrected chi connectivity index (χ2v) is 5.29. The van der Waals surface area contributed by atoms with Gasteiger partial charge < -0.3 is 15.2 Å². The Morgan fingerprint density at radius 2 is 2.42 bits per heavy atom. The van der Waals surface area contributed by atoms with Crippen LogP contribution >= 0.6 is 0 Å². The number of hydrogen-bond acceptors (Lipinski definition) is 4. The van der Waals surface area contributed by atoms with Gasteiger partial charge in [-0.1, -0.05) is 13.0 Å². The fourth-order valence-electron chi connectivity index (χ4n) is 2.83. The summed E-state index contributed by atoms with van der Waals surface area (Å²) in [5, 5.41) is 12.2. The zero-order chi connectivity index (χ0) is 13.7. The minimum absolute atomic E-state index is 0.234. The van der Waals surface area contributed by atoms with E-state index in [1.807, 2.05) is 6.92 Å². The summed E-state index contributed by atoms with van der Waals surface area (Å²) in [5.41, 5.74) is 0.469. The topological polar surface area (TPSA) is 61.8 Å². The lowest BCUT2D eigenvalue weighted by Gasteiger charge is -2.35. The molecule has 2 N–H and O–H groups in total. The number of hydrogen-bond donors (Lipinski definition) is 2. The molecule has 2 fully saturated rings. The van der Waals surface area contributed by atoms with E-state index in [0.29, 0.717) is 24.6 Å². The Morgan fingerprint density at radius 3 is 3.16 bits per heavy atom. The third-order valence-electron chi connectivity index (χ3n) is 3.98. The fourth-order valence-corrected chi connectivity index (χ4v) is 2.83. The second kappa shape index (κ2) is 7.03. The van der Waals surface area contributed by atoms with E-state index in [-0.39, 0.29) is 6.10 Å². The molecule has 2 unspecified atom stereocenters. The van der Waals surface area contributed by atoms with Crippen LogP contribution in [-0.4, -0.2) is 60.9 Å². The number of ether oxygens (including phenoxy) is 1. The number of nitrogens with one attached hydrogen (secondary N) is 1. The normalized spacial score (nSPS) is 28.4. The summed E-state index contributed by atoms with van der Waals surface area (Å²) in [6, 6.07) is 0.634. The quantitative estimate of drug-likeness (QED) is 0.552. The lowest BCUT2D eigenvalue weighted by molar-refractivity contribution is -0.132. The smallest absolute Gasteiger partial charge is 0.331 e. The minimum atomic E-state index is -0.821. The molecule has 0 saturated carbocycles. The molecule has 2 rings (SSSR count). The molecule has 0 aromatic rings. The Hall–Kier alpha value is -0.910. The molecule has 2 aliphatic heterocycles. The highest BCUT2D eigenvalue weighted by molar-refractivity contribution is 5.86. The van der Waals surface area contributed by atoms with Crippen LogP contribution in [-0.2, 0) is 9.53 Å². The van der Waals surface area contributed by atoms with E-state index >= 15 is 0 Å². The fraction of sp³-hybridized carbons (Fsp3) is 0.786. The summed E-state index contributed by atoms with van der Waals surface area (Å²) in [6.07, 6.45) is 5.10. The molecule has 0 bridgehead atoms. The van der Waals surface area contributed by atoms with E-state index < -0.39 is 5.97 Å². The first kappa shape index (κ1) is 14.5. The van der Waals surface area contributed by atoms with Gasteiger partial charge in [-0.15, -0.1) is 0 Å². The molecule has 0 aromatic carbocycles. The van der Waals surface area contributed by atoms with Gasteiger partial charge in [0.05, 0.1) is 12.7 Å². The van der Waals surface area contributed by atoms with Crippen LogP contribution < -0.4 is 5.32 Å². The van der Waals surface area contributed by atoms with Crippen LogP contribution in [0.4, 0.5) is 0 Å². The van der Waals surface area contributed by atoms with Gasteiger partial charge in [-0.25, -0.2) is 4.79 Å². The number of morpholine rings is 1. The molecule has 5 nitrogen and oxygen atoms in total. The molecule has 0 radical (unpaired) electrons. The highest BCUT2D eigenvalue weighted by Gasteiger charge is 2.31. The molecule has 5 heteroatoms. The zero-order valence-corrected chi connectivity index (χ0v) is 11.6. The van der Waals surface area contributed by atoms with Gasteiger partial charge in [-0.05, 0) is 25.8 Å². The van der Waals surface area contributed by atoms with E-state index in [2.05, 4.69) is 10.2 Å². The van der Waals surface area contributed by atoms with E-state index in [1.54, 1.807) is 6.08 Å². The van der Waals surface area contributed by atoms with Gasteiger partial charge in [0.15, 0.2) is 0 Å². The van der Waals surface area contributed by atoms with E-state index in [0.717, 1.165) is 19.7 Å². The van der Waals surface area contributed by atoms with Crippen LogP contribution in [0.3, 0.4) is 0 Å². The van der Waals surface area contributed by atoms with E-state index in [1.165, 1.54) is 19.4 Å². The van der Waals surface area contributed by atoms with Gasteiger partial charge in [0.25, 0.3) is 0 Å². The maximum atomic E-state index is 10.8. The number of fused-ring (bicyclic) bond motifs is 1. The highest BCUT2D eigenvalue weighted by Crippen LogP contribution is 2.22. The number of carboxylic acid groups (broad SMARTS) is 1. The third kappa shape index (κ3) is 4.03. The summed E-state index contributed by atoms with van der Waals surface area (Å²) in [4.78, 5) is 13.3. The van der Waals surface area contributed by atoms with Gasteiger partial charge >= 0.3 is 5.97 Å². The SMILES string of the molecule is CCC(=CCNCC1CN2CCCC2CO1)C(=O)O. The summed E-state index contributed by atoms with van der Waals surface area (Å²) in [7, 11) is 0. The molecule has 108 valence electrons. The van der Waals surface area contributed by atoms with Crippen molar-refractivity contribution in [3.63, 3.8) is 0 Å². The Bertz CT molecular complexity index is 344. The van der Waals surface area contributed by atoms with Crippen molar-refractivity contribution in [1.82, 2.24) is 10.2 Å². The molecule has 0 amide bonds. The maximum Gasteiger partial charge on any atom is 0.331 e. The van der Waals surface area contributed by atoms with Crippen LogP contribution in [0.15, 0.2) is 11.6 Å². The maximum absolute atomic E-state index is 10.8. The molecule has 2 heterocycles.